The topological polar surface area (TPSA) is 52.9 Å². The van der Waals surface area contributed by atoms with E-state index in [0.29, 0.717) is 6.42 Å². The van der Waals surface area contributed by atoms with Gasteiger partial charge < -0.3 is 5.32 Å². The summed E-state index contributed by atoms with van der Waals surface area (Å²) in [5, 5.41) is 11.6. The van der Waals surface area contributed by atoms with Crippen molar-refractivity contribution in [2.75, 3.05) is 0 Å². The fraction of sp³-hybridized carbons (Fsp3) is 0.222. The molecule has 0 radical (unpaired) electrons. The first-order valence-corrected chi connectivity index (χ1v) is 7.28. The second-order valence-corrected chi connectivity index (χ2v) is 5.27. The van der Waals surface area contributed by atoms with Gasteiger partial charge in [-0.15, -0.1) is 0 Å². The predicted octanol–water partition coefficient (Wildman–Crippen LogP) is 3.50. The van der Waals surface area contributed by atoms with Crippen LogP contribution in [-0.2, 0) is 23.8 Å². The minimum Gasteiger partial charge on any atom is -0.340 e. The molecule has 0 heterocycles. The number of nitriles is 1. The molecular weight excluding hydrogens is 317 g/mol. The minimum absolute atomic E-state index is 0.112. The summed E-state index contributed by atoms with van der Waals surface area (Å²) in [5.74, 6) is -0.616. The van der Waals surface area contributed by atoms with Crippen LogP contribution < -0.4 is 5.32 Å². The maximum atomic E-state index is 12.9. The molecule has 0 fully saturated rings. The van der Waals surface area contributed by atoms with Gasteiger partial charge in [0.2, 0.25) is 5.91 Å². The standard InChI is InChI=1S/C18H15F3N2O/c19-18(20,21)16-9-5-4-8-14(16)11-17(24)23-15(12-22)10-13-6-2-1-3-7-13/h1-9,15H,10-11H2,(H,23,24)/t15-/m0/s1. The van der Waals surface area contributed by atoms with Crippen LogP contribution in [0, 0.1) is 11.3 Å². The maximum absolute atomic E-state index is 12.9. The molecule has 0 aliphatic rings. The van der Waals surface area contributed by atoms with Crippen LogP contribution in [0.4, 0.5) is 13.2 Å². The molecule has 0 saturated carbocycles. The van der Waals surface area contributed by atoms with Crippen molar-refractivity contribution < 1.29 is 18.0 Å². The summed E-state index contributed by atoms with van der Waals surface area (Å²) in [4.78, 5) is 12.0. The highest BCUT2D eigenvalue weighted by atomic mass is 19.4. The van der Waals surface area contributed by atoms with Crippen molar-refractivity contribution in [1.29, 1.82) is 5.26 Å². The minimum atomic E-state index is -4.52. The van der Waals surface area contributed by atoms with E-state index in [9.17, 15) is 18.0 Å². The average molecular weight is 332 g/mol. The number of hydrogen-bond acceptors (Lipinski definition) is 2. The molecule has 6 heteroatoms. The lowest BCUT2D eigenvalue weighted by molar-refractivity contribution is -0.138. The molecule has 0 spiro atoms. The molecule has 1 N–H and O–H groups in total. The van der Waals surface area contributed by atoms with Crippen molar-refractivity contribution >= 4 is 5.91 Å². The molecule has 2 rings (SSSR count). The molecule has 3 nitrogen and oxygen atoms in total. The molecular formula is C18H15F3N2O. The van der Waals surface area contributed by atoms with Crippen LogP contribution in [-0.4, -0.2) is 11.9 Å². The van der Waals surface area contributed by atoms with E-state index in [1.54, 1.807) is 0 Å². The van der Waals surface area contributed by atoms with Crippen LogP contribution >= 0.6 is 0 Å². The van der Waals surface area contributed by atoms with E-state index in [-0.39, 0.29) is 5.56 Å². The van der Waals surface area contributed by atoms with Crippen molar-refractivity contribution in [3.8, 4) is 6.07 Å². The maximum Gasteiger partial charge on any atom is 0.416 e. The summed E-state index contributed by atoms with van der Waals surface area (Å²) < 4.78 is 38.8. The Morgan fingerprint density at radius 1 is 1.08 bits per heavy atom. The van der Waals surface area contributed by atoms with Gasteiger partial charge in [0.05, 0.1) is 18.1 Å². The quantitative estimate of drug-likeness (QED) is 0.911. The smallest absolute Gasteiger partial charge is 0.340 e. The zero-order valence-electron chi connectivity index (χ0n) is 12.7. The van der Waals surface area contributed by atoms with Crippen molar-refractivity contribution in [3.05, 3.63) is 71.3 Å². The second-order valence-electron chi connectivity index (χ2n) is 5.27. The van der Waals surface area contributed by atoms with Crippen LogP contribution in [0.25, 0.3) is 0 Å². The predicted molar refractivity (Wildman–Crippen MR) is 82.8 cm³/mol. The number of nitrogens with one attached hydrogen (secondary N) is 1. The Bertz CT molecular complexity index is 736. The van der Waals surface area contributed by atoms with E-state index in [2.05, 4.69) is 5.32 Å². The lowest BCUT2D eigenvalue weighted by atomic mass is 10.0. The van der Waals surface area contributed by atoms with Crippen LogP contribution in [0.15, 0.2) is 54.6 Å². The molecule has 0 aliphatic carbocycles. The first-order chi connectivity index (χ1) is 11.4. The Morgan fingerprint density at radius 2 is 1.71 bits per heavy atom. The molecule has 0 aliphatic heterocycles. The van der Waals surface area contributed by atoms with Gasteiger partial charge in [-0.2, -0.15) is 18.4 Å². The van der Waals surface area contributed by atoms with Gasteiger partial charge in [0, 0.05) is 6.42 Å². The van der Waals surface area contributed by atoms with Gasteiger partial charge in [0.15, 0.2) is 0 Å². The third kappa shape index (κ3) is 4.85. The van der Waals surface area contributed by atoms with Crippen LogP contribution in [0.1, 0.15) is 16.7 Å². The van der Waals surface area contributed by atoms with Gasteiger partial charge >= 0.3 is 6.18 Å². The number of carbonyl (C=O) groups excluding carboxylic acids is 1. The average Bonchev–Trinajstić information content (AvgIpc) is 2.54. The third-order valence-electron chi connectivity index (χ3n) is 3.45. The van der Waals surface area contributed by atoms with Crippen LogP contribution in [0.3, 0.4) is 0 Å². The number of benzene rings is 2. The molecule has 24 heavy (non-hydrogen) atoms. The van der Waals surface area contributed by atoms with Gasteiger partial charge in [-0.1, -0.05) is 48.5 Å². The van der Waals surface area contributed by atoms with Gasteiger partial charge in [0.25, 0.3) is 0 Å². The Kier molecular flexibility index (Phi) is 5.59. The van der Waals surface area contributed by atoms with E-state index < -0.39 is 30.1 Å². The molecule has 2 aromatic carbocycles. The van der Waals surface area contributed by atoms with Crippen molar-refractivity contribution in [2.24, 2.45) is 0 Å². The molecule has 1 atom stereocenters. The Labute approximate surface area is 137 Å². The van der Waals surface area contributed by atoms with E-state index in [1.807, 2.05) is 36.4 Å². The fourth-order valence-electron chi connectivity index (χ4n) is 2.35. The molecule has 1 amide bonds. The van der Waals surface area contributed by atoms with E-state index in [4.69, 9.17) is 5.26 Å². The molecule has 0 saturated heterocycles. The molecule has 0 unspecified atom stereocenters. The van der Waals surface area contributed by atoms with Gasteiger partial charge in [-0.3, -0.25) is 4.79 Å². The number of halogens is 3. The lowest BCUT2D eigenvalue weighted by Crippen LogP contribution is -2.36. The van der Waals surface area contributed by atoms with Gasteiger partial charge in [-0.25, -0.2) is 0 Å². The zero-order chi connectivity index (χ0) is 17.6. The largest absolute Gasteiger partial charge is 0.416 e. The number of alkyl halides is 3. The molecule has 0 aromatic heterocycles. The first-order valence-electron chi connectivity index (χ1n) is 7.28. The Morgan fingerprint density at radius 3 is 2.33 bits per heavy atom. The molecule has 2 aromatic rings. The summed E-state index contributed by atoms with van der Waals surface area (Å²) in [6.07, 6.45) is -4.65. The number of carbonyl (C=O) groups is 1. The summed E-state index contributed by atoms with van der Waals surface area (Å²) in [5.41, 5.74) is -0.0874. The Hall–Kier alpha value is -2.81. The van der Waals surface area contributed by atoms with Gasteiger partial charge in [0.1, 0.15) is 6.04 Å². The summed E-state index contributed by atoms with van der Waals surface area (Å²) in [6, 6.07) is 15.2. The highest BCUT2D eigenvalue weighted by Crippen LogP contribution is 2.31. The van der Waals surface area contributed by atoms with E-state index >= 15 is 0 Å². The number of hydrogen-bond donors (Lipinski definition) is 1. The van der Waals surface area contributed by atoms with Crippen LogP contribution in [0.2, 0.25) is 0 Å². The van der Waals surface area contributed by atoms with Crippen molar-refractivity contribution in [1.82, 2.24) is 5.32 Å². The number of nitrogens with zero attached hydrogens (tertiary/aromatic N) is 1. The summed E-state index contributed by atoms with van der Waals surface area (Å²) >= 11 is 0. The highest BCUT2D eigenvalue weighted by molar-refractivity contribution is 5.79. The van der Waals surface area contributed by atoms with Crippen LogP contribution in [0.5, 0.6) is 0 Å². The van der Waals surface area contributed by atoms with Gasteiger partial charge in [-0.05, 0) is 17.2 Å². The third-order valence-corrected chi connectivity index (χ3v) is 3.45. The van der Waals surface area contributed by atoms with Crippen molar-refractivity contribution in [3.63, 3.8) is 0 Å². The van der Waals surface area contributed by atoms with E-state index in [1.165, 1.54) is 18.2 Å². The van der Waals surface area contributed by atoms with Crippen molar-refractivity contribution in [2.45, 2.75) is 25.1 Å². The fourth-order valence-corrected chi connectivity index (χ4v) is 2.35. The Balaban J connectivity index is 2.04. The SMILES string of the molecule is N#C[C@H](Cc1ccccc1)NC(=O)Cc1ccccc1C(F)(F)F. The first kappa shape index (κ1) is 17.5. The molecule has 0 bridgehead atoms. The highest BCUT2D eigenvalue weighted by Gasteiger charge is 2.33. The van der Waals surface area contributed by atoms with E-state index in [0.717, 1.165) is 11.6 Å². The second kappa shape index (κ2) is 7.64. The monoisotopic (exact) mass is 332 g/mol. The zero-order valence-corrected chi connectivity index (χ0v) is 12.7. The molecule has 124 valence electrons. The summed E-state index contributed by atoms with van der Waals surface area (Å²) in [7, 11) is 0. The lowest BCUT2D eigenvalue weighted by Gasteiger charge is -2.14. The summed E-state index contributed by atoms with van der Waals surface area (Å²) in [6.45, 7) is 0. The number of rotatable bonds is 5. The normalized spacial score (nSPS) is 12.2. The number of amides is 1.